The molecule has 2 aromatic carbocycles. The lowest BCUT2D eigenvalue weighted by molar-refractivity contribution is 0.456. The average molecular weight is 353 g/mol. The van der Waals surface area contributed by atoms with E-state index in [0.717, 1.165) is 15.9 Å². The first kappa shape index (κ1) is 15.6. The van der Waals surface area contributed by atoms with Crippen molar-refractivity contribution in [3.63, 3.8) is 0 Å². The Morgan fingerprint density at radius 1 is 1.10 bits per heavy atom. The molecule has 0 aliphatic rings. The van der Waals surface area contributed by atoms with E-state index >= 15 is 0 Å². The Hall–Kier alpha value is -0.830. The number of halogens is 2. The second-order valence-corrected chi connectivity index (χ2v) is 6.31. The molecule has 2 rings (SSSR count). The monoisotopic (exact) mass is 351 g/mol. The Labute approximate surface area is 134 Å². The smallest absolute Gasteiger partial charge is 0.0409 e. The summed E-state index contributed by atoms with van der Waals surface area (Å²) in [7, 11) is 0. The molecule has 0 bridgehead atoms. The van der Waals surface area contributed by atoms with Gasteiger partial charge in [0.05, 0.1) is 0 Å². The third-order valence-corrected chi connectivity index (χ3v) is 4.24. The normalized spacial score (nSPS) is 14.0. The van der Waals surface area contributed by atoms with E-state index in [0.29, 0.717) is 12.1 Å². The van der Waals surface area contributed by atoms with Gasteiger partial charge in [0.2, 0.25) is 0 Å². The lowest BCUT2D eigenvalue weighted by atomic mass is 10.0. The molecular weight excluding hydrogens is 334 g/mol. The Balaban J connectivity index is 2.11. The summed E-state index contributed by atoms with van der Waals surface area (Å²) in [5.74, 6) is 0. The van der Waals surface area contributed by atoms with Gasteiger partial charge in [-0.3, -0.25) is 0 Å². The highest BCUT2D eigenvalue weighted by atomic mass is 79.9. The minimum Gasteiger partial charge on any atom is -0.303 e. The number of hydrogen-bond donors (Lipinski definition) is 1. The molecule has 20 heavy (non-hydrogen) atoms. The van der Waals surface area contributed by atoms with Crippen molar-refractivity contribution >= 4 is 27.5 Å². The molecule has 0 spiro atoms. The van der Waals surface area contributed by atoms with Crippen molar-refractivity contribution < 1.29 is 0 Å². The Bertz CT molecular complexity index is 553. The second-order valence-electron chi connectivity index (χ2n) is 4.96. The van der Waals surface area contributed by atoms with Gasteiger partial charge in [0.1, 0.15) is 0 Å². The zero-order chi connectivity index (χ0) is 14.5. The summed E-state index contributed by atoms with van der Waals surface area (Å²) < 4.78 is 1.11. The second kappa shape index (κ2) is 7.26. The third-order valence-electron chi connectivity index (χ3n) is 3.48. The summed E-state index contributed by atoms with van der Waals surface area (Å²) in [6.45, 7) is 4.38. The highest BCUT2D eigenvalue weighted by Gasteiger charge is 2.14. The van der Waals surface area contributed by atoms with Crippen LogP contribution in [0.3, 0.4) is 0 Å². The van der Waals surface area contributed by atoms with Gasteiger partial charge in [-0.05, 0) is 48.7 Å². The average Bonchev–Trinajstić information content (AvgIpc) is 2.45. The van der Waals surface area contributed by atoms with E-state index in [1.807, 2.05) is 18.2 Å². The first-order chi connectivity index (χ1) is 9.60. The van der Waals surface area contributed by atoms with Gasteiger partial charge in [0.15, 0.2) is 0 Å². The van der Waals surface area contributed by atoms with E-state index in [9.17, 15) is 0 Å². The maximum Gasteiger partial charge on any atom is 0.0409 e. The maximum atomic E-state index is 6.08. The third kappa shape index (κ3) is 4.08. The van der Waals surface area contributed by atoms with Crippen LogP contribution >= 0.6 is 27.5 Å². The Morgan fingerprint density at radius 2 is 1.80 bits per heavy atom. The molecule has 0 saturated heterocycles. The molecule has 2 aromatic rings. The Kier molecular flexibility index (Phi) is 5.64. The maximum absolute atomic E-state index is 6.08. The molecule has 1 N–H and O–H groups in total. The van der Waals surface area contributed by atoms with Crippen molar-refractivity contribution in [1.29, 1.82) is 0 Å². The molecular formula is C17H19BrClN. The van der Waals surface area contributed by atoms with Gasteiger partial charge in [-0.15, -0.1) is 0 Å². The van der Waals surface area contributed by atoms with Crippen LogP contribution in [0, 0.1) is 0 Å². The van der Waals surface area contributed by atoms with Crippen molar-refractivity contribution in [3.8, 4) is 0 Å². The van der Waals surface area contributed by atoms with Crippen LogP contribution in [0.2, 0.25) is 5.02 Å². The van der Waals surface area contributed by atoms with Crippen LogP contribution in [0.5, 0.6) is 0 Å². The van der Waals surface area contributed by atoms with E-state index in [1.165, 1.54) is 11.1 Å². The molecule has 1 nitrogen and oxygen atoms in total. The topological polar surface area (TPSA) is 12.0 Å². The molecule has 106 valence electrons. The van der Waals surface area contributed by atoms with Crippen LogP contribution in [0.1, 0.15) is 43.5 Å². The lowest BCUT2D eigenvalue weighted by Gasteiger charge is -2.23. The number of rotatable bonds is 5. The van der Waals surface area contributed by atoms with E-state index in [4.69, 9.17) is 11.6 Å². The van der Waals surface area contributed by atoms with Crippen LogP contribution < -0.4 is 5.32 Å². The van der Waals surface area contributed by atoms with Crippen LogP contribution in [-0.2, 0) is 0 Å². The van der Waals surface area contributed by atoms with Gasteiger partial charge in [-0.2, -0.15) is 0 Å². The predicted octanol–water partition coefficient (Wildman–Crippen LogP) is 5.90. The summed E-state index contributed by atoms with van der Waals surface area (Å²) in [5, 5.41) is 4.46. The summed E-state index contributed by atoms with van der Waals surface area (Å²) in [6.07, 6.45) is 1.03. The highest BCUT2D eigenvalue weighted by molar-refractivity contribution is 9.10. The fourth-order valence-corrected chi connectivity index (χ4v) is 2.79. The zero-order valence-corrected chi connectivity index (χ0v) is 14.1. The fourth-order valence-electron chi connectivity index (χ4n) is 2.32. The van der Waals surface area contributed by atoms with Crippen LogP contribution in [-0.4, -0.2) is 0 Å². The SMILES string of the molecule is CCC(N[C@H](C)c1ccc(Br)cc1)c1cccc(Cl)c1. The molecule has 0 radical (unpaired) electrons. The van der Waals surface area contributed by atoms with E-state index < -0.39 is 0 Å². The molecule has 1 unspecified atom stereocenters. The van der Waals surface area contributed by atoms with Crippen molar-refractivity contribution in [2.24, 2.45) is 0 Å². The molecule has 0 aliphatic heterocycles. The summed E-state index contributed by atoms with van der Waals surface area (Å²) in [4.78, 5) is 0. The molecule has 0 fully saturated rings. The van der Waals surface area contributed by atoms with Crippen molar-refractivity contribution in [2.45, 2.75) is 32.4 Å². The molecule has 2 atom stereocenters. The lowest BCUT2D eigenvalue weighted by Crippen LogP contribution is -2.24. The van der Waals surface area contributed by atoms with Gasteiger partial charge in [0.25, 0.3) is 0 Å². The molecule has 0 saturated carbocycles. The summed E-state index contributed by atoms with van der Waals surface area (Å²) >= 11 is 9.55. The van der Waals surface area contributed by atoms with Crippen molar-refractivity contribution in [2.75, 3.05) is 0 Å². The number of nitrogens with one attached hydrogen (secondary N) is 1. The minimum absolute atomic E-state index is 0.298. The summed E-state index contributed by atoms with van der Waals surface area (Å²) in [5.41, 5.74) is 2.53. The Morgan fingerprint density at radius 3 is 2.40 bits per heavy atom. The number of benzene rings is 2. The molecule has 0 heterocycles. The first-order valence-electron chi connectivity index (χ1n) is 6.87. The first-order valence-corrected chi connectivity index (χ1v) is 8.04. The fraction of sp³-hybridized carbons (Fsp3) is 0.294. The van der Waals surface area contributed by atoms with Crippen LogP contribution in [0.4, 0.5) is 0 Å². The zero-order valence-electron chi connectivity index (χ0n) is 11.7. The van der Waals surface area contributed by atoms with E-state index in [2.05, 4.69) is 65.4 Å². The van der Waals surface area contributed by atoms with Gasteiger partial charge in [0, 0.05) is 21.6 Å². The molecule has 0 aromatic heterocycles. The molecule has 0 amide bonds. The van der Waals surface area contributed by atoms with Gasteiger partial charge in [-0.25, -0.2) is 0 Å². The van der Waals surface area contributed by atoms with Gasteiger partial charge >= 0.3 is 0 Å². The largest absolute Gasteiger partial charge is 0.303 e. The quantitative estimate of drug-likeness (QED) is 0.706. The van der Waals surface area contributed by atoms with Crippen LogP contribution in [0.15, 0.2) is 53.0 Å². The number of hydrogen-bond acceptors (Lipinski definition) is 1. The van der Waals surface area contributed by atoms with Crippen molar-refractivity contribution in [1.82, 2.24) is 5.32 Å². The molecule has 0 aliphatic carbocycles. The predicted molar refractivity (Wildman–Crippen MR) is 90.2 cm³/mol. The minimum atomic E-state index is 0.298. The standard InChI is InChI=1S/C17H19BrClN/c1-3-17(14-5-4-6-16(19)11-14)20-12(2)13-7-9-15(18)10-8-13/h4-12,17,20H,3H2,1-2H3/t12-,17?/m1/s1. The van der Waals surface area contributed by atoms with Crippen molar-refractivity contribution in [3.05, 3.63) is 69.2 Å². The van der Waals surface area contributed by atoms with Crippen LogP contribution in [0.25, 0.3) is 0 Å². The summed E-state index contributed by atoms with van der Waals surface area (Å²) in [6, 6.07) is 17.1. The molecule has 3 heteroatoms. The van der Waals surface area contributed by atoms with E-state index in [1.54, 1.807) is 0 Å². The van der Waals surface area contributed by atoms with Gasteiger partial charge < -0.3 is 5.32 Å². The van der Waals surface area contributed by atoms with E-state index in [-0.39, 0.29) is 0 Å². The van der Waals surface area contributed by atoms with Gasteiger partial charge in [-0.1, -0.05) is 58.7 Å². The highest BCUT2D eigenvalue weighted by Crippen LogP contribution is 2.24.